The molecule has 4 nitrogen and oxygen atoms in total. The summed E-state index contributed by atoms with van der Waals surface area (Å²) in [6.07, 6.45) is 6.72. The fourth-order valence-corrected chi connectivity index (χ4v) is 3.80. The minimum atomic E-state index is -0.0646. The van der Waals surface area contributed by atoms with Gasteiger partial charge in [0.05, 0.1) is 5.57 Å². The third-order valence-electron chi connectivity index (χ3n) is 4.99. The van der Waals surface area contributed by atoms with Crippen molar-refractivity contribution in [1.29, 1.82) is 0 Å². The molecular weight excluding hydrogens is 286 g/mol. The van der Waals surface area contributed by atoms with Crippen LogP contribution in [-0.4, -0.2) is 10.9 Å². The van der Waals surface area contributed by atoms with Gasteiger partial charge < -0.3 is 16.0 Å². The van der Waals surface area contributed by atoms with Gasteiger partial charge in [-0.3, -0.25) is 4.79 Å². The number of hydrogen-bond donors (Lipinski definition) is 3. The van der Waals surface area contributed by atoms with E-state index in [1.807, 2.05) is 18.2 Å². The molecule has 0 fully saturated rings. The zero-order chi connectivity index (χ0) is 16.0. The Balaban J connectivity index is 1.76. The molecule has 1 aliphatic carbocycles. The molecule has 1 aromatic heterocycles. The molecule has 2 aromatic rings. The van der Waals surface area contributed by atoms with Gasteiger partial charge in [-0.15, -0.1) is 0 Å². The molecule has 1 aliphatic heterocycles. The third-order valence-corrected chi connectivity index (χ3v) is 4.99. The van der Waals surface area contributed by atoms with Crippen LogP contribution in [0.5, 0.6) is 0 Å². The molecule has 118 valence electrons. The minimum absolute atomic E-state index is 0.0646. The van der Waals surface area contributed by atoms with Crippen LogP contribution in [0.3, 0.4) is 0 Å². The number of aromatic amines is 1. The van der Waals surface area contributed by atoms with E-state index in [1.165, 1.54) is 30.5 Å². The topological polar surface area (TPSA) is 70.9 Å². The Kier molecular flexibility index (Phi) is 3.26. The highest BCUT2D eigenvalue weighted by Crippen LogP contribution is 2.37. The lowest BCUT2D eigenvalue weighted by molar-refractivity contribution is -0.110. The summed E-state index contributed by atoms with van der Waals surface area (Å²) in [5.41, 5.74) is 12.7. The number of nitrogen functional groups attached to an aromatic ring is 1. The minimum Gasteiger partial charge on any atom is -0.399 e. The van der Waals surface area contributed by atoms with E-state index < -0.39 is 0 Å². The van der Waals surface area contributed by atoms with Crippen molar-refractivity contribution < 1.29 is 4.79 Å². The lowest BCUT2D eigenvalue weighted by Gasteiger charge is -2.20. The van der Waals surface area contributed by atoms with Crippen LogP contribution < -0.4 is 11.1 Å². The quantitative estimate of drug-likeness (QED) is 0.581. The van der Waals surface area contributed by atoms with Crippen LogP contribution in [0.1, 0.15) is 54.6 Å². The Bertz CT molecular complexity index is 816. The van der Waals surface area contributed by atoms with Gasteiger partial charge in [-0.25, -0.2) is 0 Å². The Morgan fingerprint density at radius 2 is 2.22 bits per heavy atom. The summed E-state index contributed by atoms with van der Waals surface area (Å²) in [7, 11) is 0. The molecule has 4 heteroatoms. The molecule has 4 N–H and O–H groups in total. The molecule has 0 bridgehead atoms. The van der Waals surface area contributed by atoms with Crippen molar-refractivity contribution >= 4 is 28.9 Å². The van der Waals surface area contributed by atoms with E-state index in [9.17, 15) is 4.79 Å². The third kappa shape index (κ3) is 2.34. The number of carbonyl (C=O) groups is 1. The predicted octanol–water partition coefficient (Wildman–Crippen LogP) is 3.92. The van der Waals surface area contributed by atoms with Crippen LogP contribution >= 0.6 is 0 Å². The summed E-state index contributed by atoms with van der Waals surface area (Å²) in [6.45, 7) is 2.24. The number of fused-ring (bicyclic) bond motifs is 2. The van der Waals surface area contributed by atoms with Crippen LogP contribution in [-0.2, 0) is 11.2 Å². The van der Waals surface area contributed by atoms with E-state index in [0.717, 1.165) is 23.4 Å². The van der Waals surface area contributed by atoms with E-state index >= 15 is 0 Å². The summed E-state index contributed by atoms with van der Waals surface area (Å²) in [5, 5.41) is 2.90. The number of nitrogens with two attached hydrogens (primary N) is 1. The maximum Gasteiger partial charge on any atom is 0.256 e. The number of benzene rings is 1. The van der Waals surface area contributed by atoms with E-state index in [0.29, 0.717) is 17.2 Å². The van der Waals surface area contributed by atoms with E-state index in [4.69, 9.17) is 5.73 Å². The number of anilines is 2. The van der Waals surface area contributed by atoms with Gasteiger partial charge in [0.15, 0.2) is 0 Å². The summed E-state index contributed by atoms with van der Waals surface area (Å²) >= 11 is 0. The Labute approximate surface area is 135 Å². The van der Waals surface area contributed by atoms with Gasteiger partial charge in [0, 0.05) is 28.3 Å². The number of hydrogen-bond acceptors (Lipinski definition) is 2. The summed E-state index contributed by atoms with van der Waals surface area (Å²) < 4.78 is 0. The summed E-state index contributed by atoms with van der Waals surface area (Å²) in [5.74, 6) is 0.577. The van der Waals surface area contributed by atoms with Gasteiger partial charge in [0.1, 0.15) is 0 Å². The van der Waals surface area contributed by atoms with Crippen LogP contribution in [0.2, 0.25) is 0 Å². The normalized spacial score (nSPS) is 21.2. The first-order valence-electron chi connectivity index (χ1n) is 8.30. The van der Waals surface area contributed by atoms with Crippen LogP contribution in [0.25, 0.3) is 11.6 Å². The lowest BCUT2D eigenvalue weighted by atomic mass is 9.85. The second-order valence-corrected chi connectivity index (χ2v) is 6.47. The Morgan fingerprint density at radius 3 is 3.04 bits per heavy atom. The van der Waals surface area contributed by atoms with E-state index in [2.05, 4.69) is 23.3 Å². The fraction of sp³-hybridized carbons (Fsp3) is 0.316. The van der Waals surface area contributed by atoms with Crippen molar-refractivity contribution in [2.45, 2.75) is 38.5 Å². The Morgan fingerprint density at radius 1 is 1.35 bits per heavy atom. The molecule has 1 amide bonds. The van der Waals surface area contributed by atoms with Gasteiger partial charge >= 0.3 is 0 Å². The number of nitrogens with one attached hydrogen (secondary N) is 2. The molecule has 1 unspecified atom stereocenters. The second-order valence-electron chi connectivity index (χ2n) is 6.47. The number of amides is 1. The highest BCUT2D eigenvalue weighted by molar-refractivity contribution is 6.35. The average molecular weight is 307 g/mol. The molecule has 4 rings (SSSR count). The molecule has 0 saturated carbocycles. The van der Waals surface area contributed by atoms with Gasteiger partial charge in [0.2, 0.25) is 0 Å². The number of rotatable bonds is 2. The maximum absolute atomic E-state index is 12.3. The number of aromatic nitrogens is 1. The average Bonchev–Trinajstić information content (AvgIpc) is 3.09. The number of aryl methyl sites for hydroxylation is 1. The molecular formula is C19H21N3O. The van der Waals surface area contributed by atoms with Crippen molar-refractivity contribution in [2.75, 3.05) is 11.1 Å². The van der Waals surface area contributed by atoms with Crippen molar-refractivity contribution in [1.82, 2.24) is 4.98 Å². The zero-order valence-corrected chi connectivity index (χ0v) is 13.3. The monoisotopic (exact) mass is 307 g/mol. The van der Waals surface area contributed by atoms with E-state index in [-0.39, 0.29) is 5.91 Å². The highest BCUT2D eigenvalue weighted by Gasteiger charge is 2.25. The van der Waals surface area contributed by atoms with Gasteiger partial charge in [-0.05, 0) is 67.5 Å². The standard InChI is InChI=1S/C19H21N3O/c1-2-11-4-3-5-17-14(11)9-13(21-17)10-16-15-8-12(20)6-7-18(15)22-19(16)23/h6-11,21H,2-5,20H2,1H3,(H,22,23). The van der Waals surface area contributed by atoms with Gasteiger partial charge in [-0.2, -0.15) is 0 Å². The molecule has 2 aliphatic rings. The highest BCUT2D eigenvalue weighted by atomic mass is 16.2. The van der Waals surface area contributed by atoms with Crippen molar-refractivity contribution in [3.05, 3.63) is 46.8 Å². The van der Waals surface area contributed by atoms with E-state index in [1.54, 1.807) is 6.07 Å². The molecule has 1 atom stereocenters. The molecule has 0 spiro atoms. The molecule has 0 radical (unpaired) electrons. The largest absolute Gasteiger partial charge is 0.399 e. The predicted molar refractivity (Wildman–Crippen MR) is 94.1 cm³/mol. The second kappa shape index (κ2) is 5.30. The van der Waals surface area contributed by atoms with Crippen molar-refractivity contribution in [3.8, 4) is 0 Å². The number of H-pyrrole nitrogens is 1. The van der Waals surface area contributed by atoms with Crippen molar-refractivity contribution in [2.24, 2.45) is 0 Å². The van der Waals surface area contributed by atoms with Crippen LogP contribution in [0.4, 0.5) is 11.4 Å². The Hall–Kier alpha value is -2.49. The summed E-state index contributed by atoms with van der Waals surface area (Å²) in [4.78, 5) is 15.8. The van der Waals surface area contributed by atoms with Gasteiger partial charge in [-0.1, -0.05) is 6.92 Å². The molecule has 0 saturated heterocycles. The molecule has 1 aromatic carbocycles. The van der Waals surface area contributed by atoms with Gasteiger partial charge in [0.25, 0.3) is 5.91 Å². The maximum atomic E-state index is 12.3. The number of carbonyl (C=O) groups excluding carboxylic acids is 1. The first-order valence-corrected chi connectivity index (χ1v) is 8.30. The summed E-state index contributed by atoms with van der Waals surface area (Å²) in [6, 6.07) is 7.74. The fourth-order valence-electron chi connectivity index (χ4n) is 3.80. The van der Waals surface area contributed by atoms with Crippen molar-refractivity contribution in [3.63, 3.8) is 0 Å². The molecule has 23 heavy (non-hydrogen) atoms. The molecule has 2 heterocycles. The lowest BCUT2D eigenvalue weighted by Crippen LogP contribution is -2.07. The van der Waals surface area contributed by atoms with Crippen LogP contribution in [0, 0.1) is 0 Å². The first-order chi connectivity index (χ1) is 11.2. The van der Waals surface area contributed by atoms with Crippen LogP contribution in [0.15, 0.2) is 24.3 Å². The first kappa shape index (κ1) is 14.1. The zero-order valence-electron chi connectivity index (χ0n) is 13.3. The SMILES string of the molecule is CCC1CCCc2[nH]c(C=C3C(=O)Nc4ccc(N)cc43)cc21. The smallest absolute Gasteiger partial charge is 0.256 e.